The van der Waals surface area contributed by atoms with Gasteiger partial charge in [0.05, 0.1) is 17.0 Å². The molecule has 0 aliphatic carbocycles. The summed E-state index contributed by atoms with van der Waals surface area (Å²) < 4.78 is 36.7. The van der Waals surface area contributed by atoms with E-state index >= 15 is 0 Å². The summed E-state index contributed by atoms with van der Waals surface area (Å²) in [7, 11) is -4.10. The molecule has 0 saturated carbocycles. The molecule has 2 aliphatic rings. The highest BCUT2D eigenvalue weighted by molar-refractivity contribution is 7.90. The molecular weight excluding hydrogens is 861 g/mol. The van der Waals surface area contributed by atoms with Crippen molar-refractivity contribution in [2.75, 3.05) is 13.1 Å². The zero-order valence-electron chi connectivity index (χ0n) is 39.0. The molecule has 350 valence electrons. The second-order valence-electron chi connectivity index (χ2n) is 18.5. The summed E-state index contributed by atoms with van der Waals surface area (Å²) >= 11 is 0. The van der Waals surface area contributed by atoms with Crippen LogP contribution in [0.1, 0.15) is 71.2 Å². The minimum absolute atomic E-state index is 0.0295. The van der Waals surface area contributed by atoms with Gasteiger partial charge in [-0.15, -0.1) is 0 Å². The van der Waals surface area contributed by atoms with E-state index in [0.717, 1.165) is 50.0 Å². The zero-order chi connectivity index (χ0) is 47.3. The fourth-order valence-corrected chi connectivity index (χ4v) is 11.3. The number of sulfonamides is 1. The number of nitrogens with one attached hydrogen (secondary N) is 4. The molecule has 1 aromatic heterocycles. The lowest BCUT2D eigenvalue weighted by Crippen LogP contribution is -2.67. The van der Waals surface area contributed by atoms with Gasteiger partial charge in [-0.1, -0.05) is 109 Å². The van der Waals surface area contributed by atoms with Gasteiger partial charge in [-0.05, 0) is 98.9 Å². The summed E-state index contributed by atoms with van der Waals surface area (Å²) in [5, 5.41) is 7.54. The Hall–Kier alpha value is -6.64. The van der Waals surface area contributed by atoms with Crippen LogP contribution in [0.4, 0.5) is 4.79 Å². The van der Waals surface area contributed by atoms with Gasteiger partial charge in [0.15, 0.2) is 0 Å². The Labute approximate surface area is 394 Å². The molecule has 6 aromatic rings. The molecular formula is C53H62N8O5S. The molecule has 5 aromatic carbocycles. The number of amides is 3. The number of carbonyl (C=O) groups excluding carboxylic acids is 2. The zero-order valence-corrected chi connectivity index (χ0v) is 39.8. The highest BCUT2D eigenvalue weighted by atomic mass is 32.2. The number of benzene rings is 5. The van der Waals surface area contributed by atoms with Gasteiger partial charge in [0.2, 0.25) is 11.9 Å². The first-order valence-electron chi connectivity index (χ1n) is 23.1. The Balaban J connectivity index is 1.09. The van der Waals surface area contributed by atoms with Gasteiger partial charge in [-0.2, -0.15) is 0 Å². The average molecular weight is 923 g/mol. The van der Waals surface area contributed by atoms with Crippen molar-refractivity contribution in [3.63, 3.8) is 0 Å². The molecule has 2 aliphatic heterocycles. The normalized spacial score (nSPS) is 17.8. The van der Waals surface area contributed by atoms with Gasteiger partial charge >= 0.3 is 6.03 Å². The standard InChI is InChI=1S/C53H62N8O5S/c1-35-36(2)49(37(3)43-29-53(4,5)66-48(35)43)67(64,65)59-51(54)55-27-17-26-46-50(62)60(32-39-20-11-7-12-21-39)34-47(61(46)33-40-22-13-8-14-23-40)45(28-41-31-56-44-25-16-15-24-42(41)44)58-52(63)57-30-38-18-9-6-10-19-38/h6-16,18-25,31,45-47,56H,17,26-30,32-34H2,1-5H3,(H3,54,55,59)(H2,57,58,63)/t45-,46-,47-/m0/s1. The van der Waals surface area contributed by atoms with Crippen molar-refractivity contribution in [3.05, 3.63) is 166 Å². The van der Waals surface area contributed by atoms with E-state index < -0.39 is 27.7 Å². The van der Waals surface area contributed by atoms with E-state index in [9.17, 15) is 18.0 Å². The van der Waals surface area contributed by atoms with Crippen molar-refractivity contribution in [3.8, 4) is 5.75 Å². The second-order valence-corrected chi connectivity index (χ2v) is 20.1. The molecule has 1 fully saturated rings. The molecule has 3 atom stereocenters. The highest BCUT2D eigenvalue weighted by Crippen LogP contribution is 2.43. The third kappa shape index (κ3) is 10.8. The number of hydrogen-bond donors (Lipinski definition) is 5. The quantitative estimate of drug-likeness (QED) is 0.0378. The van der Waals surface area contributed by atoms with Crippen molar-refractivity contribution < 1.29 is 22.7 Å². The largest absolute Gasteiger partial charge is 0.487 e. The predicted octanol–water partition coefficient (Wildman–Crippen LogP) is 7.57. The lowest BCUT2D eigenvalue weighted by molar-refractivity contribution is -0.148. The van der Waals surface area contributed by atoms with Crippen LogP contribution in [0.15, 0.2) is 131 Å². The Morgan fingerprint density at radius 1 is 0.866 bits per heavy atom. The van der Waals surface area contributed by atoms with Gasteiger partial charge in [0.1, 0.15) is 11.4 Å². The summed E-state index contributed by atoms with van der Waals surface area (Å²) in [6.45, 7) is 11.2. The van der Waals surface area contributed by atoms with Gasteiger partial charge < -0.3 is 31.0 Å². The van der Waals surface area contributed by atoms with Crippen LogP contribution in [0, 0.1) is 20.8 Å². The number of guanidine groups is 1. The number of aliphatic imine (C=N–C) groups is 1. The van der Waals surface area contributed by atoms with Gasteiger partial charge in [-0.25, -0.2) is 17.9 Å². The van der Waals surface area contributed by atoms with E-state index in [1.807, 2.05) is 136 Å². The first kappa shape index (κ1) is 46.9. The Bertz CT molecular complexity index is 2850. The number of fused-ring (bicyclic) bond motifs is 2. The minimum atomic E-state index is -4.10. The Morgan fingerprint density at radius 3 is 2.18 bits per heavy atom. The van der Waals surface area contributed by atoms with E-state index in [4.69, 9.17) is 10.5 Å². The number of aromatic nitrogens is 1. The van der Waals surface area contributed by atoms with E-state index in [1.165, 1.54) is 0 Å². The van der Waals surface area contributed by atoms with Gasteiger partial charge in [0, 0.05) is 67.8 Å². The van der Waals surface area contributed by atoms with Crippen LogP contribution in [0.3, 0.4) is 0 Å². The number of urea groups is 1. The molecule has 14 heteroatoms. The number of para-hydroxylation sites is 1. The van der Waals surface area contributed by atoms with Crippen molar-refractivity contribution in [2.24, 2.45) is 10.7 Å². The number of ether oxygens (including phenoxy) is 1. The third-order valence-electron chi connectivity index (χ3n) is 13.2. The molecule has 0 spiro atoms. The van der Waals surface area contributed by atoms with E-state index in [2.05, 4.69) is 48.4 Å². The summed E-state index contributed by atoms with van der Waals surface area (Å²) in [6.07, 6.45) is 3.92. The maximum Gasteiger partial charge on any atom is 0.315 e. The van der Waals surface area contributed by atoms with E-state index in [0.29, 0.717) is 63.0 Å². The van der Waals surface area contributed by atoms with Crippen LogP contribution in [-0.4, -0.2) is 77.9 Å². The molecule has 0 unspecified atom stereocenters. The monoisotopic (exact) mass is 922 g/mol. The van der Waals surface area contributed by atoms with Crippen LogP contribution >= 0.6 is 0 Å². The lowest BCUT2D eigenvalue weighted by atomic mass is 9.91. The SMILES string of the molecule is Cc1c(C)c(S(=O)(=O)NC(N)=NCCC[C@H]2C(=O)N(Cc3ccccc3)C[C@@H]([C@H](Cc3c[nH]c4ccccc34)NC(=O)NCc3ccccc3)N2Cc2ccccc2)c(C)c2c1OC(C)(C)C2. The molecule has 67 heavy (non-hydrogen) atoms. The number of rotatable bonds is 16. The smallest absolute Gasteiger partial charge is 0.315 e. The van der Waals surface area contributed by atoms with Crippen LogP contribution in [0.2, 0.25) is 0 Å². The number of nitrogens with two attached hydrogens (primary N) is 1. The summed E-state index contributed by atoms with van der Waals surface area (Å²) in [5.41, 5.74) is 13.9. The summed E-state index contributed by atoms with van der Waals surface area (Å²) in [6, 6.07) is 36.2. The maximum absolute atomic E-state index is 15.0. The molecule has 0 radical (unpaired) electrons. The third-order valence-corrected chi connectivity index (χ3v) is 14.8. The van der Waals surface area contributed by atoms with Gasteiger partial charge in [-0.3, -0.25) is 14.7 Å². The fourth-order valence-electron chi connectivity index (χ4n) is 9.79. The second kappa shape index (κ2) is 20.1. The Morgan fingerprint density at radius 2 is 1.49 bits per heavy atom. The van der Waals surface area contributed by atoms with E-state index in [-0.39, 0.29) is 35.4 Å². The highest BCUT2D eigenvalue weighted by Gasteiger charge is 2.44. The minimum Gasteiger partial charge on any atom is -0.487 e. The predicted molar refractivity (Wildman–Crippen MR) is 264 cm³/mol. The first-order valence-corrected chi connectivity index (χ1v) is 24.6. The van der Waals surface area contributed by atoms with Crippen LogP contribution in [-0.2, 0) is 47.3 Å². The average Bonchev–Trinajstić information content (AvgIpc) is 3.88. The number of H-pyrrole nitrogens is 1. The Kier molecular flexibility index (Phi) is 14.0. The maximum atomic E-state index is 15.0. The van der Waals surface area contributed by atoms with Crippen molar-refractivity contribution >= 4 is 38.8 Å². The molecule has 3 heterocycles. The molecule has 13 nitrogen and oxygen atoms in total. The van der Waals surface area contributed by atoms with Crippen LogP contribution in [0.25, 0.3) is 10.9 Å². The number of aromatic amines is 1. The van der Waals surface area contributed by atoms with Crippen molar-refractivity contribution in [1.82, 2.24) is 30.1 Å². The number of carbonyl (C=O) groups is 2. The number of nitrogens with zero attached hydrogens (tertiary/aromatic N) is 3. The van der Waals surface area contributed by atoms with Crippen molar-refractivity contribution in [2.45, 2.75) is 109 Å². The number of piperazine rings is 1. The lowest BCUT2D eigenvalue weighted by Gasteiger charge is -2.49. The van der Waals surface area contributed by atoms with Gasteiger partial charge in [0.25, 0.3) is 10.0 Å². The molecule has 6 N–H and O–H groups in total. The van der Waals surface area contributed by atoms with E-state index in [1.54, 1.807) is 6.92 Å². The summed E-state index contributed by atoms with van der Waals surface area (Å²) in [4.78, 5) is 41.3. The van der Waals surface area contributed by atoms with Crippen LogP contribution < -0.4 is 25.8 Å². The summed E-state index contributed by atoms with van der Waals surface area (Å²) in [5.74, 6) is 0.492. The topological polar surface area (TPSA) is 174 Å². The fraction of sp³-hybridized carbons (Fsp3) is 0.340. The number of hydrogen-bond acceptors (Lipinski definition) is 7. The van der Waals surface area contributed by atoms with Crippen molar-refractivity contribution in [1.29, 1.82) is 0 Å². The molecule has 0 bridgehead atoms. The van der Waals surface area contributed by atoms with Crippen LogP contribution in [0.5, 0.6) is 5.75 Å². The first-order chi connectivity index (χ1) is 32.2. The molecule has 3 amide bonds. The molecule has 8 rings (SSSR count). The molecule has 1 saturated heterocycles.